The zero-order valence-corrected chi connectivity index (χ0v) is 13.6. The van der Waals surface area contributed by atoms with Gasteiger partial charge in [0.05, 0.1) is 6.61 Å². The second-order valence-corrected chi connectivity index (χ2v) is 5.21. The van der Waals surface area contributed by atoms with Crippen LogP contribution in [0.4, 0.5) is 17.8 Å². The van der Waals surface area contributed by atoms with E-state index < -0.39 is 0 Å². The van der Waals surface area contributed by atoms with Crippen LogP contribution in [0.15, 0.2) is 0 Å². The minimum absolute atomic E-state index is 0.135. The summed E-state index contributed by atoms with van der Waals surface area (Å²) in [7, 11) is 0. The van der Waals surface area contributed by atoms with E-state index in [0.29, 0.717) is 18.4 Å². The molecule has 1 aromatic rings. The Labute approximate surface area is 127 Å². The molecule has 0 saturated carbocycles. The quantitative estimate of drug-likeness (QED) is 0.635. The lowest BCUT2D eigenvalue weighted by Gasteiger charge is -2.29. The summed E-state index contributed by atoms with van der Waals surface area (Å²) in [5.41, 5.74) is 5.61. The molecular weight excluding hydrogens is 268 g/mol. The van der Waals surface area contributed by atoms with Gasteiger partial charge in [0.1, 0.15) is 0 Å². The highest BCUT2D eigenvalue weighted by atomic mass is 16.3. The van der Waals surface area contributed by atoms with Gasteiger partial charge in [-0.05, 0) is 26.7 Å². The molecule has 1 aromatic heterocycles. The lowest BCUT2D eigenvalue weighted by atomic mass is 9.83. The van der Waals surface area contributed by atoms with Gasteiger partial charge >= 0.3 is 0 Å². The highest BCUT2D eigenvalue weighted by molar-refractivity contribution is 5.41. The maximum atomic E-state index is 9.60. The van der Waals surface area contributed by atoms with Gasteiger partial charge in [0.2, 0.25) is 17.8 Å². The van der Waals surface area contributed by atoms with Crippen molar-refractivity contribution in [2.75, 3.05) is 42.2 Å². The lowest BCUT2D eigenvalue weighted by molar-refractivity contribution is 0.127. The van der Waals surface area contributed by atoms with Crippen molar-refractivity contribution in [2.45, 2.75) is 40.5 Å². The molecule has 1 rings (SSSR count). The predicted molar refractivity (Wildman–Crippen MR) is 86.4 cm³/mol. The van der Waals surface area contributed by atoms with Crippen molar-refractivity contribution in [3.8, 4) is 0 Å². The zero-order valence-electron chi connectivity index (χ0n) is 13.6. The largest absolute Gasteiger partial charge is 0.396 e. The molecule has 1 heterocycles. The van der Waals surface area contributed by atoms with E-state index in [4.69, 9.17) is 5.73 Å². The van der Waals surface area contributed by atoms with Crippen molar-refractivity contribution in [3.05, 3.63) is 0 Å². The van der Waals surface area contributed by atoms with Gasteiger partial charge in [-0.25, -0.2) is 0 Å². The highest BCUT2D eigenvalue weighted by Gasteiger charge is 2.25. The molecule has 120 valence electrons. The molecule has 0 aliphatic carbocycles. The second kappa shape index (κ2) is 7.97. The van der Waals surface area contributed by atoms with Crippen LogP contribution in [0.3, 0.4) is 0 Å². The summed E-state index contributed by atoms with van der Waals surface area (Å²) < 4.78 is 0. The maximum Gasteiger partial charge on any atom is 0.231 e. The molecule has 0 spiro atoms. The molecular formula is C14H28N6O. The second-order valence-electron chi connectivity index (χ2n) is 5.21. The van der Waals surface area contributed by atoms with Crippen molar-refractivity contribution >= 4 is 17.8 Å². The molecule has 21 heavy (non-hydrogen) atoms. The normalized spacial score (nSPS) is 11.5. The predicted octanol–water partition coefficient (Wildman–Crippen LogP) is 1.51. The Morgan fingerprint density at radius 3 is 2.19 bits per heavy atom. The van der Waals surface area contributed by atoms with E-state index in [1.165, 1.54) is 0 Å². The fraction of sp³-hybridized carbons (Fsp3) is 0.786. The molecule has 0 atom stereocenters. The minimum Gasteiger partial charge on any atom is -0.396 e. The van der Waals surface area contributed by atoms with Crippen LogP contribution in [-0.2, 0) is 0 Å². The van der Waals surface area contributed by atoms with Crippen molar-refractivity contribution in [2.24, 2.45) is 5.41 Å². The smallest absolute Gasteiger partial charge is 0.231 e. The first-order valence-corrected chi connectivity index (χ1v) is 7.65. The molecule has 4 N–H and O–H groups in total. The Kier molecular flexibility index (Phi) is 6.61. The fourth-order valence-electron chi connectivity index (χ4n) is 2.15. The molecule has 0 amide bonds. The Hall–Kier alpha value is -1.63. The standard InChI is InChI=1S/C14H28N6O/c1-5-14(6-2,10-21)9-16-12-17-11(15)18-13(19-12)20(7-3)8-4/h21H,5-10H2,1-4H3,(H3,15,16,17,18,19). The third-order valence-corrected chi connectivity index (χ3v) is 4.14. The summed E-state index contributed by atoms with van der Waals surface area (Å²) in [5.74, 6) is 1.25. The van der Waals surface area contributed by atoms with Crippen LogP contribution in [0.25, 0.3) is 0 Å². The summed E-state index contributed by atoms with van der Waals surface area (Å²) >= 11 is 0. The number of nitrogens with zero attached hydrogens (tertiary/aromatic N) is 4. The number of rotatable bonds is 9. The maximum absolute atomic E-state index is 9.60. The number of nitrogen functional groups attached to an aromatic ring is 1. The third kappa shape index (κ3) is 4.42. The number of anilines is 3. The molecule has 0 unspecified atom stereocenters. The summed E-state index contributed by atoms with van der Waals surface area (Å²) in [6, 6.07) is 0. The fourth-order valence-corrected chi connectivity index (χ4v) is 2.15. The number of aromatic nitrogens is 3. The Bertz CT molecular complexity index is 423. The van der Waals surface area contributed by atoms with Gasteiger partial charge in [0.15, 0.2) is 0 Å². The van der Waals surface area contributed by atoms with E-state index in [-0.39, 0.29) is 18.0 Å². The van der Waals surface area contributed by atoms with E-state index in [1.807, 2.05) is 18.7 Å². The van der Waals surface area contributed by atoms with Gasteiger partial charge in [-0.2, -0.15) is 15.0 Å². The van der Waals surface area contributed by atoms with Gasteiger partial charge < -0.3 is 21.1 Å². The van der Waals surface area contributed by atoms with Crippen molar-refractivity contribution in [1.29, 1.82) is 0 Å². The number of aliphatic hydroxyl groups is 1. The van der Waals surface area contributed by atoms with E-state index in [1.54, 1.807) is 0 Å². The summed E-state index contributed by atoms with van der Waals surface area (Å²) in [6.45, 7) is 10.6. The van der Waals surface area contributed by atoms with Gasteiger partial charge in [0, 0.05) is 25.0 Å². The first-order chi connectivity index (χ1) is 10.0. The molecule has 0 bridgehead atoms. The van der Waals surface area contributed by atoms with Crippen LogP contribution < -0.4 is 16.0 Å². The van der Waals surface area contributed by atoms with E-state index in [0.717, 1.165) is 25.9 Å². The number of hydrogen-bond donors (Lipinski definition) is 3. The summed E-state index contributed by atoms with van der Waals surface area (Å²) in [4.78, 5) is 14.7. The zero-order chi connectivity index (χ0) is 15.9. The Balaban J connectivity index is 2.89. The highest BCUT2D eigenvalue weighted by Crippen LogP contribution is 2.25. The molecule has 0 fully saturated rings. The van der Waals surface area contributed by atoms with Crippen LogP contribution in [-0.4, -0.2) is 46.3 Å². The first-order valence-electron chi connectivity index (χ1n) is 7.65. The van der Waals surface area contributed by atoms with Gasteiger partial charge in [-0.1, -0.05) is 13.8 Å². The van der Waals surface area contributed by atoms with Crippen LogP contribution >= 0.6 is 0 Å². The third-order valence-electron chi connectivity index (χ3n) is 4.14. The average Bonchev–Trinajstić information content (AvgIpc) is 2.50. The van der Waals surface area contributed by atoms with Crippen LogP contribution in [0, 0.1) is 5.41 Å². The Morgan fingerprint density at radius 1 is 1.10 bits per heavy atom. The SMILES string of the molecule is CCN(CC)c1nc(N)nc(NCC(CC)(CC)CO)n1. The lowest BCUT2D eigenvalue weighted by Crippen LogP contribution is -2.33. The number of nitrogens with two attached hydrogens (primary N) is 1. The van der Waals surface area contributed by atoms with Crippen LogP contribution in [0.2, 0.25) is 0 Å². The topological polar surface area (TPSA) is 100 Å². The number of hydrogen-bond acceptors (Lipinski definition) is 7. The molecule has 0 aliphatic rings. The van der Waals surface area contributed by atoms with Gasteiger partial charge in [-0.15, -0.1) is 0 Å². The number of nitrogens with one attached hydrogen (secondary N) is 1. The summed E-state index contributed by atoms with van der Waals surface area (Å²) in [5, 5.41) is 12.8. The van der Waals surface area contributed by atoms with Crippen molar-refractivity contribution in [1.82, 2.24) is 15.0 Å². The molecule has 0 saturated heterocycles. The number of aliphatic hydroxyl groups excluding tert-OH is 1. The van der Waals surface area contributed by atoms with Gasteiger partial charge in [0.25, 0.3) is 0 Å². The monoisotopic (exact) mass is 296 g/mol. The molecule has 7 nitrogen and oxygen atoms in total. The minimum atomic E-state index is -0.156. The van der Waals surface area contributed by atoms with E-state index in [9.17, 15) is 5.11 Å². The molecule has 0 radical (unpaired) electrons. The van der Waals surface area contributed by atoms with Crippen molar-refractivity contribution < 1.29 is 5.11 Å². The van der Waals surface area contributed by atoms with Crippen molar-refractivity contribution in [3.63, 3.8) is 0 Å². The molecule has 7 heteroatoms. The van der Waals surface area contributed by atoms with Crippen LogP contribution in [0.1, 0.15) is 40.5 Å². The Morgan fingerprint density at radius 2 is 1.71 bits per heavy atom. The average molecular weight is 296 g/mol. The van der Waals surface area contributed by atoms with E-state index >= 15 is 0 Å². The molecule has 0 aliphatic heterocycles. The van der Waals surface area contributed by atoms with Crippen LogP contribution in [0.5, 0.6) is 0 Å². The first kappa shape index (κ1) is 17.4. The van der Waals surface area contributed by atoms with E-state index in [2.05, 4.69) is 34.1 Å². The molecule has 0 aromatic carbocycles. The van der Waals surface area contributed by atoms with Gasteiger partial charge in [-0.3, -0.25) is 0 Å². The summed E-state index contributed by atoms with van der Waals surface area (Å²) in [6.07, 6.45) is 1.77.